The molecule has 2 aromatic carbocycles. The largest absolute Gasteiger partial charge is 0.339 e. The van der Waals surface area contributed by atoms with Crippen LogP contribution < -0.4 is 4.90 Å². The van der Waals surface area contributed by atoms with E-state index >= 15 is 0 Å². The summed E-state index contributed by atoms with van der Waals surface area (Å²) in [6.45, 7) is 6.55. The van der Waals surface area contributed by atoms with Gasteiger partial charge >= 0.3 is 0 Å². The van der Waals surface area contributed by atoms with Crippen LogP contribution in [0.3, 0.4) is 0 Å². The van der Waals surface area contributed by atoms with Crippen LogP contribution in [0.25, 0.3) is 0 Å². The molecule has 1 fully saturated rings. The van der Waals surface area contributed by atoms with Crippen LogP contribution in [0.4, 0.5) is 11.4 Å². The fourth-order valence-corrected chi connectivity index (χ4v) is 5.23. The standard InChI is InChI=1S/C20H24ClN3OS/c1-22-11-13-23(14-12-22)9-4-10-24-17-5-2-3-6-19(17)26(25)20-8-7-16(21)15-18(20)24/h2-3,5-8,15H,4,9-14H2,1H3/t26-/m0/s1. The third-order valence-corrected chi connectivity index (χ3v) is 6.94. The first-order valence-corrected chi connectivity index (χ1v) is 10.6. The van der Waals surface area contributed by atoms with Gasteiger partial charge in [-0.25, -0.2) is 4.21 Å². The highest BCUT2D eigenvalue weighted by Gasteiger charge is 2.28. The predicted octanol–water partition coefficient (Wildman–Crippen LogP) is 3.60. The highest BCUT2D eigenvalue weighted by molar-refractivity contribution is 7.85. The molecule has 4 nitrogen and oxygen atoms in total. The van der Waals surface area contributed by atoms with Crippen LogP contribution in [-0.2, 0) is 10.8 Å². The SMILES string of the molecule is CN1CCN(CCCN2c3ccccc3[S@](=O)c3ccc(Cl)cc32)CC1. The Kier molecular flexibility index (Phi) is 5.32. The van der Waals surface area contributed by atoms with Crippen molar-refractivity contribution in [3.8, 4) is 0 Å². The summed E-state index contributed by atoms with van der Waals surface area (Å²) in [4.78, 5) is 8.95. The lowest BCUT2D eigenvalue weighted by atomic mass is 10.2. The summed E-state index contributed by atoms with van der Waals surface area (Å²) in [7, 11) is 1.03. The van der Waals surface area contributed by atoms with Crippen molar-refractivity contribution in [1.82, 2.24) is 9.80 Å². The van der Waals surface area contributed by atoms with Gasteiger partial charge in [0.25, 0.3) is 0 Å². The summed E-state index contributed by atoms with van der Waals surface area (Å²) < 4.78 is 12.9. The second-order valence-electron chi connectivity index (χ2n) is 7.00. The predicted molar refractivity (Wildman–Crippen MR) is 108 cm³/mol. The molecule has 138 valence electrons. The lowest BCUT2D eigenvalue weighted by molar-refractivity contribution is 0.153. The molecule has 0 aliphatic carbocycles. The molecular formula is C20H24ClN3OS. The van der Waals surface area contributed by atoms with Crippen LogP contribution in [0.15, 0.2) is 52.3 Å². The van der Waals surface area contributed by atoms with Crippen LogP contribution >= 0.6 is 11.6 Å². The number of nitrogens with zero attached hydrogens (tertiary/aromatic N) is 3. The van der Waals surface area contributed by atoms with Gasteiger partial charge in [0.2, 0.25) is 0 Å². The van der Waals surface area contributed by atoms with E-state index in [2.05, 4.69) is 27.8 Å². The molecule has 0 radical (unpaired) electrons. The molecule has 0 bridgehead atoms. The molecule has 1 saturated heterocycles. The molecule has 6 heteroatoms. The Morgan fingerprint density at radius 3 is 2.50 bits per heavy atom. The van der Waals surface area contributed by atoms with Gasteiger partial charge in [0.1, 0.15) is 0 Å². The Labute approximate surface area is 162 Å². The van der Waals surface area contributed by atoms with Crippen LogP contribution in [0.2, 0.25) is 5.02 Å². The van der Waals surface area contributed by atoms with Gasteiger partial charge in [-0.2, -0.15) is 0 Å². The van der Waals surface area contributed by atoms with Crippen molar-refractivity contribution >= 4 is 33.8 Å². The first-order chi connectivity index (χ1) is 12.6. The van der Waals surface area contributed by atoms with Crippen molar-refractivity contribution in [2.45, 2.75) is 16.2 Å². The fraction of sp³-hybridized carbons (Fsp3) is 0.400. The van der Waals surface area contributed by atoms with E-state index < -0.39 is 10.8 Å². The van der Waals surface area contributed by atoms with Crippen molar-refractivity contribution < 1.29 is 4.21 Å². The summed E-state index contributed by atoms with van der Waals surface area (Å²) in [5.41, 5.74) is 2.02. The van der Waals surface area contributed by atoms with Gasteiger partial charge in [-0.05, 0) is 50.3 Å². The maximum Gasteiger partial charge on any atom is 0.0892 e. The number of halogens is 1. The molecular weight excluding hydrogens is 366 g/mol. The number of rotatable bonds is 4. The van der Waals surface area contributed by atoms with Gasteiger partial charge in [-0.15, -0.1) is 0 Å². The number of anilines is 2. The number of likely N-dealkylation sites (N-methyl/N-ethyl adjacent to an activating group) is 1. The fourth-order valence-electron chi connectivity index (χ4n) is 3.71. The normalized spacial score (nSPS) is 20.7. The van der Waals surface area contributed by atoms with E-state index in [0.29, 0.717) is 5.02 Å². The van der Waals surface area contributed by atoms with Crippen molar-refractivity contribution in [2.75, 3.05) is 51.2 Å². The Bertz CT molecular complexity index is 820. The van der Waals surface area contributed by atoms with E-state index in [0.717, 1.165) is 66.9 Å². The zero-order valence-corrected chi connectivity index (χ0v) is 16.6. The minimum Gasteiger partial charge on any atom is -0.339 e. The van der Waals surface area contributed by atoms with Gasteiger partial charge in [0, 0.05) is 37.7 Å². The quantitative estimate of drug-likeness (QED) is 0.798. The van der Waals surface area contributed by atoms with Crippen LogP contribution in [0.5, 0.6) is 0 Å². The monoisotopic (exact) mass is 389 g/mol. The van der Waals surface area contributed by atoms with Gasteiger partial charge in [-0.1, -0.05) is 23.7 Å². The van der Waals surface area contributed by atoms with Gasteiger partial charge in [-0.3, -0.25) is 0 Å². The molecule has 4 rings (SSSR count). The van der Waals surface area contributed by atoms with Crippen molar-refractivity contribution in [2.24, 2.45) is 0 Å². The summed E-state index contributed by atoms with van der Waals surface area (Å²) in [5, 5.41) is 0.684. The van der Waals surface area contributed by atoms with Crippen LogP contribution in [-0.4, -0.2) is 60.3 Å². The molecule has 0 aromatic heterocycles. The van der Waals surface area contributed by atoms with E-state index in [1.54, 1.807) is 0 Å². The molecule has 2 heterocycles. The van der Waals surface area contributed by atoms with E-state index in [1.165, 1.54) is 0 Å². The van der Waals surface area contributed by atoms with E-state index in [-0.39, 0.29) is 0 Å². The van der Waals surface area contributed by atoms with E-state index in [9.17, 15) is 4.21 Å². The van der Waals surface area contributed by atoms with Gasteiger partial charge < -0.3 is 14.7 Å². The van der Waals surface area contributed by atoms with Gasteiger partial charge in [0.15, 0.2) is 0 Å². The lowest BCUT2D eigenvalue weighted by Crippen LogP contribution is -2.45. The van der Waals surface area contributed by atoms with E-state index in [1.807, 2.05) is 36.4 Å². The van der Waals surface area contributed by atoms with Crippen molar-refractivity contribution in [3.05, 3.63) is 47.5 Å². The second-order valence-corrected chi connectivity index (χ2v) is 8.85. The number of para-hydroxylation sites is 1. The highest BCUT2D eigenvalue weighted by Crippen LogP contribution is 2.42. The Balaban J connectivity index is 1.54. The number of hydrogen-bond acceptors (Lipinski definition) is 4. The molecule has 0 N–H and O–H groups in total. The molecule has 0 spiro atoms. The number of piperazine rings is 1. The number of benzene rings is 2. The molecule has 0 unspecified atom stereocenters. The van der Waals surface area contributed by atoms with Crippen molar-refractivity contribution in [3.63, 3.8) is 0 Å². The van der Waals surface area contributed by atoms with E-state index in [4.69, 9.17) is 11.6 Å². The number of hydrogen-bond donors (Lipinski definition) is 0. The Hall–Kier alpha value is -1.40. The third kappa shape index (κ3) is 3.54. The molecule has 26 heavy (non-hydrogen) atoms. The lowest BCUT2D eigenvalue weighted by Gasteiger charge is -2.35. The summed E-state index contributed by atoms with van der Waals surface area (Å²) in [6, 6.07) is 13.7. The molecule has 1 atom stereocenters. The number of fused-ring (bicyclic) bond motifs is 2. The highest BCUT2D eigenvalue weighted by atomic mass is 35.5. The Morgan fingerprint density at radius 1 is 0.962 bits per heavy atom. The second kappa shape index (κ2) is 7.69. The molecule has 0 amide bonds. The maximum absolute atomic E-state index is 12.9. The summed E-state index contributed by atoms with van der Waals surface area (Å²) in [5.74, 6) is 0. The van der Waals surface area contributed by atoms with Crippen LogP contribution in [0.1, 0.15) is 6.42 Å². The van der Waals surface area contributed by atoms with Crippen LogP contribution in [0, 0.1) is 0 Å². The Morgan fingerprint density at radius 2 is 1.69 bits per heavy atom. The smallest absolute Gasteiger partial charge is 0.0892 e. The topological polar surface area (TPSA) is 26.8 Å². The maximum atomic E-state index is 12.9. The first kappa shape index (κ1) is 18.0. The first-order valence-electron chi connectivity index (χ1n) is 9.12. The zero-order valence-electron chi connectivity index (χ0n) is 15.0. The van der Waals surface area contributed by atoms with Gasteiger partial charge in [0.05, 0.1) is 32.0 Å². The molecule has 2 aliphatic rings. The molecule has 0 saturated carbocycles. The van der Waals surface area contributed by atoms with Crippen molar-refractivity contribution in [1.29, 1.82) is 0 Å². The summed E-state index contributed by atoms with van der Waals surface area (Å²) in [6.07, 6.45) is 1.07. The molecule has 2 aliphatic heterocycles. The average molecular weight is 390 g/mol. The third-order valence-electron chi connectivity index (χ3n) is 5.22. The average Bonchev–Trinajstić information content (AvgIpc) is 2.66. The summed E-state index contributed by atoms with van der Waals surface area (Å²) >= 11 is 6.25. The minimum atomic E-state index is -1.15. The minimum absolute atomic E-state index is 0.684. The zero-order chi connectivity index (χ0) is 18.1. The molecule has 2 aromatic rings.